The number of carbonyl (C=O) groups excluding carboxylic acids is 2. The Morgan fingerprint density at radius 3 is 2.38 bits per heavy atom. The van der Waals surface area contributed by atoms with E-state index in [2.05, 4.69) is 29.6 Å². The van der Waals surface area contributed by atoms with E-state index in [0.717, 1.165) is 22.3 Å². The summed E-state index contributed by atoms with van der Waals surface area (Å²) in [5, 5.41) is 2.82. The van der Waals surface area contributed by atoms with Gasteiger partial charge in [-0.3, -0.25) is 9.59 Å². The van der Waals surface area contributed by atoms with Crippen molar-refractivity contribution in [3.63, 3.8) is 0 Å². The summed E-state index contributed by atoms with van der Waals surface area (Å²) in [6, 6.07) is 24.3. The van der Waals surface area contributed by atoms with Crippen LogP contribution < -0.4 is 5.32 Å². The van der Waals surface area contributed by atoms with E-state index >= 15 is 0 Å². The summed E-state index contributed by atoms with van der Waals surface area (Å²) in [5.74, 6) is -0.408. The molecule has 5 heteroatoms. The topological polar surface area (TPSA) is 49.4 Å². The van der Waals surface area contributed by atoms with Gasteiger partial charge in [-0.15, -0.1) is 0 Å². The van der Waals surface area contributed by atoms with Gasteiger partial charge in [-0.25, -0.2) is 4.39 Å². The molecule has 3 aromatic carbocycles. The van der Waals surface area contributed by atoms with Crippen LogP contribution in [-0.2, 0) is 22.4 Å². The van der Waals surface area contributed by atoms with E-state index in [1.165, 1.54) is 12.1 Å². The fraction of sp³-hybridized carbons (Fsp3) is 0.259. The second kappa shape index (κ2) is 9.35. The van der Waals surface area contributed by atoms with Crippen molar-refractivity contribution in [3.05, 3.63) is 95.8 Å². The second-order valence-corrected chi connectivity index (χ2v) is 8.43. The fourth-order valence-electron chi connectivity index (χ4n) is 4.59. The minimum Gasteiger partial charge on any atom is -0.359 e. The van der Waals surface area contributed by atoms with Gasteiger partial charge in [-0.1, -0.05) is 66.7 Å². The Kier molecular flexibility index (Phi) is 6.35. The average molecular weight is 431 g/mol. The minimum absolute atomic E-state index is 0.0428. The number of amides is 2. The third kappa shape index (κ3) is 4.57. The number of likely N-dealkylation sites (tertiary alicyclic amines) is 1. The Bertz CT molecular complexity index is 1100. The number of hydrogen-bond acceptors (Lipinski definition) is 2. The van der Waals surface area contributed by atoms with Crippen LogP contribution in [-0.4, -0.2) is 36.9 Å². The first-order valence-electron chi connectivity index (χ1n) is 10.9. The van der Waals surface area contributed by atoms with Crippen molar-refractivity contribution in [3.8, 4) is 11.1 Å². The van der Waals surface area contributed by atoms with E-state index in [9.17, 15) is 14.0 Å². The Morgan fingerprint density at radius 2 is 1.66 bits per heavy atom. The molecule has 0 spiro atoms. The Morgan fingerprint density at radius 1 is 0.969 bits per heavy atom. The maximum absolute atomic E-state index is 13.2. The van der Waals surface area contributed by atoms with Crippen molar-refractivity contribution in [1.82, 2.24) is 10.2 Å². The zero-order chi connectivity index (χ0) is 22.6. The Labute approximate surface area is 188 Å². The van der Waals surface area contributed by atoms with Gasteiger partial charge in [0.15, 0.2) is 0 Å². The normalized spacial score (nSPS) is 17.9. The number of nitrogens with zero attached hydrogens (tertiary/aromatic N) is 1. The molecule has 1 unspecified atom stereocenters. The van der Waals surface area contributed by atoms with Crippen molar-refractivity contribution in [2.75, 3.05) is 20.1 Å². The number of halogens is 1. The van der Waals surface area contributed by atoms with E-state index in [1.54, 1.807) is 24.1 Å². The molecule has 4 rings (SSSR count). The molecular weight excluding hydrogens is 403 g/mol. The van der Waals surface area contributed by atoms with Gasteiger partial charge in [0, 0.05) is 20.1 Å². The summed E-state index contributed by atoms with van der Waals surface area (Å²) in [6.07, 6.45) is 1.35. The molecule has 1 saturated heterocycles. The highest BCUT2D eigenvalue weighted by Gasteiger charge is 2.45. The zero-order valence-corrected chi connectivity index (χ0v) is 18.2. The molecule has 1 atom stereocenters. The number of hydrogen-bond donors (Lipinski definition) is 1. The van der Waals surface area contributed by atoms with E-state index in [1.807, 2.05) is 30.3 Å². The zero-order valence-electron chi connectivity index (χ0n) is 18.2. The molecule has 0 radical (unpaired) electrons. The van der Waals surface area contributed by atoms with Gasteiger partial charge in [-0.05, 0) is 47.2 Å². The minimum atomic E-state index is -0.682. The molecule has 2 amide bonds. The second-order valence-electron chi connectivity index (χ2n) is 8.43. The first kappa shape index (κ1) is 21.8. The molecule has 3 aromatic rings. The highest BCUT2D eigenvalue weighted by Crippen LogP contribution is 2.37. The van der Waals surface area contributed by atoms with Gasteiger partial charge in [0.05, 0.1) is 11.8 Å². The van der Waals surface area contributed by atoms with Crippen molar-refractivity contribution >= 4 is 11.8 Å². The predicted octanol–water partition coefficient (Wildman–Crippen LogP) is 4.24. The van der Waals surface area contributed by atoms with Gasteiger partial charge in [0.25, 0.3) is 0 Å². The molecule has 1 fully saturated rings. The van der Waals surface area contributed by atoms with E-state index < -0.39 is 5.41 Å². The van der Waals surface area contributed by atoms with E-state index in [4.69, 9.17) is 0 Å². The first-order valence-corrected chi connectivity index (χ1v) is 10.9. The molecule has 4 nitrogen and oxygen atoms in total. The summed E-state index contributed by atoms with van der Waals surface area (Å²) >= 11 is 0. The Hall–Kier alpha value is -3.47. The summed E-state index contributed by atoms with van der Waals surface area (Å²) in [7, 11) is 1.65. The maximum Gasteiger partial charge on any atom is 0.228 e. The molecule has 164 valence electrons. The number of nitrogens with one attached hydrogen (secondary N) is 1. The molecule has 0 aromatic heterocycles. The van der Waals surface area contributed by atoms with Gasteiger partial charge < -0.3 is 10.2 Å². The van der Waals surface area contributed by atoms with Gasteiger partial charge in [0.2, 0.25) is 11.8 Å². The fourth-order valence-corrected chi connectivity index (χ4v) is 4.59. The van der Waals surface area contributed by atoms with Crippen LogP contribution in [0.25, 0.3) is 11.1 Å². The highest BCUT2D eigenvalue weighted by atomic mass is 19.1. The third-order valence-corrected chi connectivity index (χ3v) is 6.31. The van der Waals surface area contributed by atoms with E-state index in [0.29, 0.717) is 25.9 Å². The molecule has 0 bridgehead atoms. The monoisotopic (exact) mass is 430 g/mol. The first-order chi connectivity index (χ1) is 15.5. The van der Waals surface area contributed by atoms with Gasteiger partial charge in [-0.2, -0.15) is 0 Å². The summed E-state index contributed by atoms with van der Waals surface area (Å²) in [5.41, 5.74) is 3.39. The van der Waals surface area contributed by atoms with Crippen molar-refractivity contribution in [1.29, 1.82) is 0 Å². The summed E-state index contributed by atoms with van der Waals surface area (Å²) in [6.45, 7) is 0.900. The van der Waals surface area contributed by atoms with Crippen LogP contribution in [0.5, 0.6) is 0 Å². The maximum atomic E-state index is 13.2. The molecule has 1 heterocycles. The largest absolute Gasteiger partial charge is 0.359 e. The lowest BCUT2D eigenvalue weighted by molar-refractivity contribution is -0.132. The molecule has 1 aliphatic rings. The van der Waals surface area contributed by atoms with Crippen molar-refractivity contribution < 1.29 is 14.0 Å². The number of benzene rings is 3. The lowest BCUT2D eigenvalue weighted by Gasteiger charge is -2.28. The smallest absolute Gasteiger partial charge is 0.228 e. The molecular formula is C27H27FN2O2. The van der Waals surface area contributed by atoms with Crippen LogP contribution in [0.2, 0.25) is 0 Å². The van der Waals surface area contributed by atoms with Gasteiger partial charge in [0.1, 0.15) is 5.82 Å². The summed E-state index contributed by atoms with van der Waals surface area (Å²) < 4.78 is 13.2. The third-order valence-electron chi connectivity index (χ3n) is 6.31. The Balaban J connectivity index is 1.57. The van der Waals surface area contributed by atoms with Crippen LogP contribution in [0.3, 0.4) is 0 Å². The van der Waals surface area contributed by atoms with Crippen LogP contribution in [0.1, 0.15) is 17.5 Å². The molecule has 0 saturated carbocycles. The molecule has 1 N–H and O–H groups in total. The molecule has 32 heavy (non-hydrogen) atoms. The van der Waals surface area contributed by atoms with Crippen LogP contribution in [0.4, 0.5) is 4.39 Å². The van der Waals surface area contributed by atoms with Crippen LogP contribution >= 0.6 is 0 Å². The van der Waals surface area contributed by atoms with Gasteiger partial charge >= 0.3 is 0 Å². The van der Waals surface area contributed by atoms with E-state index in [-0.39, 0.29) is 24.1 Å². The molecule has 1 aliphatic heterocycles. The quantitative estimate of drug-likeness (QED) is 0.636. The number of rotatable bonds is 6. The molecule has 0 aliphatic carbocycles. The average Bonchev–Trinajstić information content (AvgIpc) is 3.26. The number of carbonyl (C=O) groups is 2. The predicted molar refractivity (Wildman–Crippen MR) is 123 cm³/mol. The lowest BCUT2D eigenvalue weighted by Crippen LogP contribution is -2.44. The van der Waals surface area contributed by atoms with Crippen molar-refractivity contribution in [2.45, 2.75) is 19.3 Å². The van der Waals surface area contributed by atoms with Crippen LogP contribution in [0.15, 0.2) is 78.9 Å². The summed E-state index contributed by atoms with van der Waals surface area (Å²) in [4.78, 5) is 27.8. The van der Waals surface area contributed by atoms with Crippen molar-refractivity contribution in [2.24, 2.45) is 5.41 Å². The highest BCUT2D eigenvalue weighted by molar-refractivity contribution is 5.86. The SMILES string of the molecule is CNC(=O)C1(Cc2ccccc2-c2ccccc2)CCN(C(=O)Cc2ccc(F)cc2)C1. The lowest BCUT2D eigenvalue weighted by atomic mass is 9.78. The van der Waals surface area contributed by atoms with Crippen LogP contribution in [0, 0.1) is 11.2 Å². The standard InChI is InChI=1S/C27H27FN2O2/c1-29-26(32)27(18-22-9-5-6-10-24(22)21-7-3-2-4-8-21)15-16-30(19-27)25(31)17-20-11-13-23(28)14-12-20/h2-14H,15-19H2,1H3,(H,29,32).